The summed E-state index contributed by atoms with van der Waals surface area (Å²) in [4.78, 5) is 13.7. The lowest BCUT2D eigenvalue weighted by molar-refractivity contribution is 0.0790. The predicted molar refractivity (Wildman–Crippen MR) is 80.6 cm³/mol. The summed E-state index contributed by atoms with van der Waals surface area (Å²) < 4.78 is 23.1. The molecule has 0 aliphatic rings. The van der Waals surface area contributed by atoms with E-state index in [-0.39, 0.29) is 16.4 Å². The third-order valence-electron chi connectivity index (χ3n) is 2.88. The van der Waals surface area contributed by atoms with E-state index < -0.39 is 9.05 Å². The fourth-order valence-corrected chi connectivity index (χ4v) is 2.85. The van der Waals surface area contributed by atoms with Gasteiger partial charge in [-0.05, 0) is 31.9 Å². The minimum atomic E-state index is -3.95. The summed E-state index contributed by atoms with van der Waals surface area (Å²) in [6, 6.07) is 4.52. The number of carbonyl (C=O) groups is 1. The molecule has 0 saturated carbocycles. The number of unbranched alkanes of at least 4 members (excludes halogenated alkanes) is 1. The molecule has 0 spiro atoms. The van der Waals surface area contributed by atoms with Crippen LogP contribution in [0.3, 0.4) is 0 Å². The van der Waals surface area contributed by atoms with E-state index in [4.69, 9.17) is 10.7 Å². The second kappa shape index (κ2) is 6.90. The number of rotatable bonds is 6. The van der Waals surface area contributed by atoms with Crippen LogP contribution in [0.5, 0.6) is 0 Å². The Balaban J connectivity index is 3.08. The van der Waals surface area contributed by atoms with Crippen LogP contribution in [-0.4, -0.2) is 32.8 Å². The van der Waals surface area contributed by atoms with Crippen LogP contribution in [0, 0.1) is 6.92 Å². The van der Waals surface area contributed by atoms with Gasteiger partial charge < -0.3 is 4.90 Å². The van der Waals surface area contributed by atoms with Crippen LogP contribution in [-0.2, 0) is 9.05 Å². The van der Waals surface area contributed by atoms with Crippen molar-refractivity contribution in [1.82, 2.24) is 4.90 Å². The average molecular weight is 316 g/mol. The fourth-order valence-electron chi connectivity index (χ4n) is 1.80. The van der Waals surface area contributed by atoms with Crippen molar-refractivity contribution in [2.45, 2.75) is 24.7 Å². The van der Waals surface area contributed by atoms with E-state index in [0.29, 0.717) is 6.54 Å². The first-order valence-electron chi connectivity index (χ1n) is 6.19. The van der Waals surface area contributed by atoms with Crippen LogP contribution >= 0.6 is 10.7 Å². The first-order chi connectivity index (χ1) is 9.27. The number of allylic oxidation sites excluding steroid dienone is 1. The maximum absolute atomic E-state index is 12.3. The Morgan fingerprint density at radius 2 is 2.10 bits per heavy atom. The van der Waals surface area contributed by atoms with Gasteiger partial charge in [-0.1, -0.05) is 17.7 Å². The molecule has 0 unspecified atom stereocenters. The number of benzene rings is 1. The molecule has 1 aromatic carbocycles. The standard InChI is InChI=1S/C14H18ClNO3S/c1-4-5-6-9-16(3)14(17)12-10-11(2)7-8-13(12)20(15,18)19/h4,7-8,10H,1,5-6,9H2,2-3H3. The molecule has 0 heterocycles. The van der Waals surface area contributed by atoms with Crippen LogP contribution in [0.25, 0.3) is 0 Å². The monoisotopic (exact) mass is 315 g/mol. The third-order valence-corrected chi connectivity index (χ3v) is 4.26. The summed E-state index contributed by atoms with van der Waals surface area (Å²) in [6.45, 7) is 5.94. The maximum atomic E-state index is 12.3. The molecular formula is C14H18ClNO3S. The van der Waals surface area contributed by atoms with Gasteiger partial charge in [0.1, 0.15) is 0 Å². The molecule has 6 heteroatoms. The highest BCUT2D eigenvalue weighted by Crippen LogP contribution is 2.22. The minimum absolute atomic E-state index is 0.112. The SMILES string of the molecule is C=CCCCN(C)C(=O)c1cc(C)ccc1S(=O)(=O)Cl. The molecule has 0 atom stereocenters. The Bertz CT molecular complexity index is 611. The van der Waals surface area contributed by atoms with Gasteiger partial charge in [0, 0.05) is 24.3 Å². The van der Waals surface area contributed by atoms with Crippen molar-refractivity contribution in [3.8, 4) is 0 Å². The van der Waals surface area contributed by atoms with E-state index in [1.807, 2.05) is 0 Å². The van der Waals surface area contributed by atoms with Crippen molar-refractivity contribution in [3.63, 3.8) is 0 Å². The molecule has 110 valence electrons. The van der Waals surface area contributed by atoms with Gasteiger partial charge in [0.15, 0.2) is 0 Å². The van der Waals surface area contributed by atoms with E-state index in [9.17, 15) is 13.2 Å². The Hall–Kier alpha value is -1.33. The molecular weight excluding hydrogens is 298 g/mol. The van der Waals surface area contributed by atoms with E-state index in [1.54, 1.807) is 32.2 Å². The van der Waals surface area contributed by atoms with Crippen LogP contribution in [0.4, 0.5) is 0 Å². The highest BCUT2D eigenvalue weighted by atomic mass is 35.7. The van der Waals surface area contributed by atoms with Crippen LogP contribution < -0.4 is 0 Å². The molecule has 0 bridgehead atoms. The van der Waals surface area contributed by atoms with Crippen molar-refractivity contribution in [2.75, 3.05) is 13.6 Å². The van der Waals surface area contributed by atoms with Crippen molar-refractivity contribution in [1.29, 1.82) is 0 Å². The maximum Gasteiger partial charge on any atom is 0.262 e. The lowest BCUT2D eigenvalue weighted by Gasteiger charge is -2.18. The number of nitrogens with zero attached hydrogens (tertiary/aromatic N) is 1. The summed E-state index contributed by atoms with van der Waals surface area (Å²) in [5, 5.41) is 0. The highest BCUT2D eigenvalue weighted by Gasteiger charge is 2.22. The number of hydrogen-bond acceptors (Lipinski definition) is 3. The fraction of sp³-hybridized carbons (Fsp3) is 0.357. The molecule has 0 N–H and O–H groups in total. The lowest BCUT2D eigenvalue weighted by Crippen LogP contribution is -2.28. The highest BCUT2D eigenvalue weighted by molar-refractivity contribution is 8.13. The second-order valence-corrected chi connectivity index (χ2v) is 7.13. The molecule has 1 amide bonds. The van der Waals surface area contributed by atoms with Gasteiger partial charge >= 0.3 is 0 Å². The van der Waals surface area contributed by atoms with Crippen LogP contribution in [0.1, 0.15) is 28.8 Å². The van der Waals surface area contributed by atoms with Crippen molar-refractivity contribution in [2.24, 2.45) is 0 Å². The number of hydrogen-bond donors (Lipinski definition) is 0. The van der Waals surface area contributed by atoms with Gasteiger partial charge in [0.25, 0.3) is 15.0 Å². The second-order valence-electron chi connectivity index (χ2n) is 4.60. The largest absolute Gasteiger partial charge is 0.342 e. The summed E-state index contributed by atoms with van der Waals surface area (Å²) in [7, 11) is 3.07. The summed E-state index contributed by atoms with van der Waals surface area (Å²) in [6.07, 6.45) is 3.35. The van der Waals surface area contributed by atoms with Crippen molar-refractivity contribution >= 4 is 25.6 Å². The molecule has 4 nitrogen and oxygen atoms in total. The van der Waals surface area contributed by atoms with Crippen LogP contribution in [0.15, 0.2) is 35.7 Å². The molecule has 20 heavy (non-hydrogen) atoms. The Labute approximate surface area is 124 Å². The number of halogens is 1. The third kappa shape index (κ3) is 4.35. The molecule has 0 radical (unpaired) electrons. The predicted octanol–water partition coefficient (Wildman–Crippen LogP) is 2.96. The first-order valence-corrected chi connectivity index (χ1v) is 8.50. The zero-order valence-electron chi connectivity index (χ0n) is 11.6. The lowest BCUT2D eigenvalue weighted by atomic mass is 10.1. The van der Waals surface area contributed by atoms with Gasteiger partial charge in [-0.15, -0.1) is 6.58 Å². The quantitative estimate of drug-likeness (QED) is 0.461. The molecule has 0 saturated heterocycles. The zero-order valence-corrected chi connectivity index (χ0v) is 13.2. The Kier molecular flexibility index (Phi) is 5.77. The van der Waals surface area contributed by atoms with Gasteiger partial charge in [-0.25, -0.2) is 8.42 Å². The van der Waals surface area contributed by atoms with E-state index in [1.165, 1.54) is 11.0 Å². The smallest absolute Gasteiger partial charge is 0.262 e. The van der Waals surface area contributed by atoms with E-state index in [0.717, 1.165) is 18.4 Å². The molecule has 0 aliphatic heterocycles. The molecule has 0 aromatic heterocycles. The number of carbonyl (C=O) groups excluding carboxylic acids is 1. The van der Waals surface area contributed by atoms with E-state index in [2.05, 4.69) is 6.58 Å². The molecule has 0 aliphatic carbocycles. The first kappa shape index (κ1) is 16.7. The summed E-state index contributed by atoms with van der Waals surface area (Å²) in [5.74, 6) is -0.350. The number of aryl methyl sites for hydroxylation is 1. The van der Waals surface area contributed by atoms with Gasteiger partial charge in [0.2, 0.25) is 0 Å². The molecule has 1 aromatic rings. The topological polar surface area (TPSA) is 54.5 Å². The average Bonchev–Trinajstić information content (AvgIpc) is 2.36. The molecule has 0 fully saturated rings. The summed E-state index contributed by atoms with van der Waals surface area (Å²) >= 11 is 0. The van der Waals surface area contributed by atoms with Gasteiger partial charge in [0.05, 0.1) is 10.5 Å². The summed E-state index contributed by atoms with van der Waals surface area (Å²) in [5.41, 5.74) is 0.915. The normalized spacial score (nSPS) is 11.2. The van der Waals surface area contributed by atoms with Gasteiger partial charge in [-0.3, -0.25) is 4.79 Å². The van der Waals surface area contributed by atoms with Crippen molar-refractivity contribution < 1.29 is 13.2 Å². The minimum Gasteiger partial charge on any atom is -0.342 e. The van der Waals surface area contributed by atoms with Gasteiger partial charge in [-0.2, -0.15) is 0 Å². The Morgan fingerprint density at radius 1 is 1.45 bits per heavy atom. The van der Waals surface area contributed by atoms with Crippen molar-refractivity contribution in [3.05, 3.63) is 42.0 Å². The zero-order chi connectivity index (χ0) is 15.3. The molecule has 1 rings (SSSR count). The Morgan fingerprint density at radius 3 is 2.65 bits per heavy atom. The number of amides is 1. The van der Waals surface area contributed by atoms with Crippen LogP contribution in [0.2, 0.25) is 0 Å². The van der Waals surface area contributed by atoms with E-state index >= 15 is 0 Å².